The summed E-state index contributed by atoms with van der Waals surface area (Å²) >= 11 is 6.49. The van der Waals surface area contributed by atoms with Gasteiger partial charge >= 0.3 is 18.1 Å². The highest BCUT2D eigenvalue weighted by Crippen LogP contribution is 2.36. The first kappa shape index (κ1) is 24.7. The topological polar surface area (TPSA) is 99.5 Å². The van der Waals surface area contributed by atoms with E-state index in [0.717, 1.165) is 16.0 Å². The standard InChI is InChI=1S/C18H19ClF3N3O5S/c1-5-29-16(27)11-8(3)13(17(28)30-6-2)31-15(11)23-10(26)7-25-9(4)12(19)14(24-25)18(20,21)22/h5-7H2,1-4H3,(H,23,26). The van der Waals surface area contributed by atoms with Crippen molar-refractivity contribution in [1.29, 1.82) is 0 Å². The SMILES string of the molecule is CCOC(=O)c1sc(NC(=O)Cn2nc(C(F)(F)F)c(Cl)c2C)c(C(=O)OCC)c1C. The van der Waals surface area contributed by atoms with Crippen molar-refractivity contribution in [3.05, 3.63) is 32.4 Å². The number of anilines is 1. The Kier molecular flexibility index (Phi) is 7.71. The number of halogens is 4. The Morgan fingerprint density at radius 2 is 1.71 bits per heavy atom. The number of thiophene rings is 1. The van der Waals surface area contributed by atoms with Gasteiger partial charge in [0.05, 0.1) is 29.5 Å². The maximum Gasteiger partial charge on any atom is 0.436 e. The van der Waals surface area contributed by atoms with E-state index < -0.39 is 41.3 Å². The molecule has 2 rings (SSSR count). The van der Waals surface area contributed by atoms with Gasteiger partial charge in [-0.15, -0.1) is 11.3 Å². The number of hydrogen-bond donors (Lipinski definition) is 1. The minimum Gasteiger partial charge on any atom is -0.462 e. The molecule has 0 unspecified atom stereocenters. The molecule has 2 aromatic rings. The van der Waals surface area contributed by atoms with Crippen LogP contribution in [-0.2, 0) is 27.0 Å². The Morgan fingerprint density at radius 1 is 1.13 bits per heavy atom. The lowest BCUT2D eigenvalue weighted by molar-refractivity contribution is -0.141. The second-order valence-corrected chi connectivity index (χ2v) is 7.55. The molecule has 13 heteroatoms. The summed E-state index contributed by atoms with van der Waals surface area (Å²) in [5.74, 6) is -2.22. The van der Waals surface area contributed by atoms with E-state index in [1.807, 2.05) is 0 Å². The average molecular weight is 482 g/mol. The average Bonchev–Trinajstić information content (AvgIpc) is 3.13. The minimum atomic E-state index is -4.78. The third-order valence-electron chi connectivity index (χ3n) is 4.04. The summed E-state index contributed by atoms with van der Waals surface area (Å²) in [6, 6.07) is 0. The highest BCUT2D eigenvalue weighted by molar-refractivity contribution is 7.18. The minimum absolute atomic E-state index is 0.0101. The molecule has 0 saturated carbocycles. The first-order chi connectivity index (χ1) is 14.4. The molecule has 0 fully saturated rings. The molecular weight excluding hydrogens is 463 g/mol. The molecule has 0 atom stereocenters. The normalized spacial score (nSPS) is 11.4. The van der Waals surface area contributed by atoms with Crippen LogP contribution in [0.15, 0.2) is 0 Å². The molecule has 8 nitrogen and oxygen atoms in total. The van der Waals surface area contributed by atoms with Crippen LogP contribution in [0.3, 0.4) is 0 Å². The van der Waals surface area contributed by atoms with Gasteiger partial charge in [-0.25, -0.2) is 9.59 Å². The smallest absolute Gasteiger partial charge is 0.436 e. The van der Waals surface area contributed by atoms with Crippen LogP contribution >= 0.6 is 22.9 Å². The van der Waals surface area contributed by atoms with Crippen LogP contribution in [-0.4, -0.2) is 40.8 Å². The van der Waals surface area contributed by atoms with Gasteiger partial charge in [-0.05, 0) is 33.3 Å². The maximum atomic E-state index is 13.0. The molecular formula is C18H19ClF3N3O5S. The van der Waals surface area contributed by atoms with Gasteiger partial charge in [-0.2, -0.15) is 18.3 Å². The number of ether oxygens (including phenoxy) is 2. The van der Waals surface area contributed by atoms with Crippen LogP contribution in [0.1, 0.15) is 50.8 Å². The van der Waals surface area contributed by atoms with Crippen LogP contribution in [0.25, 0.3) is 0 Å². The number of nitrogens with one attached hydrogen (secondary N) is 1. The van der Waals surface area contributed by atoms with Gasteiger partial charge in [0.15, 0.2) is 5.69 Å². The molecule has 0 radical (unpaired) electrons. The third-order valence-corrected chi connectivity index (χ3v) is 5.68. The monoisotopic (exact) mass is 481 g/mol. The van der Waals surface area contributed by atoms with E-state index in [-0.39, 0.29) is 39.9 Å². The van der Waals surface area contributed by atoms with Gasteiger partial charge in [-0.3, -0.25) is 9.48 Å². The van der Waals surface area contributed by atoms with Gasteiger partial charge < -0.3 is 14.8 Å². The van der Waals surface area contributed by atoms with Crippen molar-refractivity contribution in [1.82, 2.24) is 9.78 Å². The fourth-order valence-corrected chi connectivity index (χ4v) is 3.95. The molecule has 170 valence electrons. The second-order valence-electron chi connectivity index (χ2n) is 6.15. The van der Waals surface area contributed by atoms with Crippen molar-refractivity contribution < 1.29 is 37.0 Å². The zero-order valence-electron chi connectivity index (χ0n) is 17.0. The van der Waals surface area contributed by atoms with E-state index >= 15 is 0 Å². The fourth-order valence-electron chi connectivity index (χ4n) is 2.60. The summed E-state index contributed by atoms with van der Waals surface area (Å²) in [6.07, 6.45) is -4.78. The van der Waals surface area contributed by atoms with Crippen LogP contribution in [0.2, 0.25) is 5.02 Å². The molecule has 0 bridgehead atoms. The number of rotatable bonds is 7. The van der Waals surface area contributed by atoms with E-state index in [4.69, 9.17) is 21.1 Å². The fraction of sp³-hybridized carbons (Fsp3) is 0.444. The first-order valence-electron chi connectivity index (χ1n) is 8.99. The zero-order chi connectivity index (χ0) is 23.5. The van der Waals surface area contributed by atoms with Gasteiger partial charge in [0.25, 0.3) is 0 Å². The Morgan fingerprint density at radius 3 is 2.23 bits per heavy atom. The van der Waals surface area contributed by atoms with Crippen molar-refractivity contribution >= 4 is 45.8 Å². The number of alkyl halides is 3. The molecule has 31 heavy (non-hydrogen) atoms. The number of hydrogen-bond acceptors (Lipinski definition) is 7. The predicted molar refractivity (Wildman–Crippen MR) is 107 cm³/mol. The number of carbonyl (C=O) groups excluding carboxylic acids is 3. The highest BCUT2D eigenvalue weighted by atomic mass is 35.5. The summed E-state index contributed by atoms with van der Waals surface area (Å²) in [7, 11) is 0. The molecule has 0 saturated heterocycles. The van der Waals surface area contributed by atoms with Gasteiger partial charge in [0, 0.05) is 0 Å². The van der Waals surface area contributed by atoms with E-state index in [2.05, 4.69) is 10.4 Å². The van der Waals surface area contributed by atoms with Crippen molar-refractivity contribution in [2.45, 2.75) is 40.4 Å². The summed E-state index contributed by atoms with van der Waals surface area (Å²) in [6.45, 7) is 5.55. The first-order valence-corrected chi connectivity index (χ1v) is 10.2. The Hall–Kier alpha value is -2.60. The lowest BCUT2D eigenvalue weighted by Gasteiger charge is -2.08. The molecule has 0 aliphatic rings. The number of amides is 1. The summed E-state index contributed by atoms with van der Waals surface area (Å²) in [4.78, 5) is 37.1. The lowest BCUT2D eigenvalue weighted by Crippen LogP contribution is -2.21. The number of nitrogens with zero attached hydrogens (tertiary/aromatic N) is 2. The van der Waals surface area contributed by atoms with Crippen molar-refractivity contribution in [3.8, 4) is 0 Å². The van der Waals surface area contributed by atoms with Gasteiger partial charge in [0.2, 0.25) is 5.91 Å². The molecule has 2 heterocycles. The highest BCUT2D eigenvalue weighted by Gasteiger charge is 2.38. The zero-order valence-corrected chi connectivity index (χ0v) is 18.5. The van der Waals surface area contributed by atoms with Gasteiger partial charge in [0.1, 0.15) is 16.4 Å². The Balaban J connectivity index is 2.35. The molecule has 0 aromatic carbocycles. The lowest BCUT2D eigenvalue weighted by atomic mass is 10.1. The molecule has 0 aliphatic carbocycles. The van der Waals surface area contributed by atoms with Crippen LogP contribution < -0.4 is 5.32 Å². The van der Waals surface area contributed by atoms with E-state index in [1.165, 1.54) is 13.8 Å². The summed E-state index contributed by atoms with van der Waals surface area (Å²) < 4.78 is 49.7. The summed E-state index contributed by atoms with van der Waals surface area (Å²) in [5.41, 5.74) is -1.13. The largest absolute Gasteiger partial charge is 0.462 e. The van der Waals surface area contributed by atoms with Crippen molar-refractivity contribution in [2.24, 2.45) is 0 Å². The van der Waals surface area contributed by atoms with E-state index in [9.17, 15) is 27.6 Å². The predicted octanol–water partition coefficient (Wildman–Crippen LogP) is 4.23. The molecule has 1 N–H and O–H groups in total. The van der Waals surface area contributed by atoms with Crippen molar-refractivity contribution in [2.75, 3.05) is 18.5 Å². The molecule has 1 amide bonds. The molecule has 0 spiro atoms. The number of esters is 2. The number of aromatic nitrogens is 2. The third kappa shape index (κ3) is 5.37. The van der Waals surface area contributed by atoms with Gasteiger partial charge in [-0.1, -0.05) is 11.6 Å². The van der Waals surface area contributed by atoms with Crippen molar-refractivity contribution in [3.63, 3.8) is 0 Å². The quantitative estimate of drug-likeness (QED) is 0.594. The van der Waals surface area contributed by atoms with E-state index in [1.54, 1.807) is 13.8 Å². The van der Waals surface area contributed by atoms with E-state index in [0.29, 0.717) is 0 Å². The Labute approximate surface area is 184 Å². The molecule has 2 aromatic heterocycles. The van der Waals surface area contributed by atoms with Crippen LogP contribution in [0.5, 0.6) is 0 Å². The second kappa shape index (κ2) is 9.69. The molecule has 0 aliphatic heterocycles. The summed E-state index contributed by atoms with van der Waals surface area (Å²) in [5, 5.41) is 5.20. The Bertz CT molecular complexity index is 1020. The van der Waals surface area contributed by atoms with Crippen LogP contribution in [0.4, 0.5) is 18.2 Å². The van der Waals surface area contributed by atoms with Crippen LogP contribution in [0, 0.1) is 13.8 Å². The maximum absolute atomic E-state index is 13.0. The number of carbonyl (C=O) groups is 3.